The third-order valence-electron chi connectivity index (χ3n) is 3.97. The molecule has 0 spiro atoms. The molecule has 1 aliphatic rings. The first-order chi connectivity index (χ1) is 10.1. The maximum atomic E-state index is 12.6. The Balaban J connectivity index is 2.55. The van der Waals surface area contributed by atoms with E-state index in [1.807, 2.05) is 11.5 Å². The van der Waals surface area contributed by atoms with Gasteiger partial charge in [-0.25, -0.2) is 4.79 Å². The molecule has 1 aromatic heterocycles. The highest BCUT2D eigenvalue weighted by Crippen LogP contribution is 2.41. The minimum absolute atomic E-state index is 0.106. The summed E-state index contributed by atoms with van der Waals surface area (Å²) in [7, 11) is 1.56. The Hall–Kier alpha value is -2.30. The molecule has 0 saturated heterocycles. The van der Waals surface area contributed by atoms with Crippen LogP contribution < -0.4 is 10.2 Å². The minimum Gasteiger partial charge on any atom is -0.495 e. The molecule has 5 nitrogen and oxygen atoms in total. The van der Waals surface area contributed by atoms with Crippen LogP contribution in [0.15, 0.2) is 23.0 Å². The number of pyridine rings is 1. The lowest BCUT2D eigenvalue weighted by Gasteiger charge is -2.19. The standard InChI is InChI=1S/C16H17NO4/c1-3-11-13(16(19)20)15(18)10-5-4-6-12(21-2)14(10)17(11)9-7-8-9/h4-6,9H,3,7-8H2,1-2H3,(H,19,20). The summed E-state index contributed by atoms with van der Waals surface area (Å²) in [5.74, 6) is -0.542. The van der Waals surface area contributed by atoms with Gasteiger partial charge in [-0.1, -0.05) is 13.0 Å². The van der Waals surface area contributed by atoms with E-state index in [0.717, 1.165) is 12.8 Å². The minimum atomic E-state index is -1.16. The fourth-order valence-corrected chi connectivity index (χ4v) is 2.94. The molecule has 2 aromatic rings. The number of nitrogens with zero attached hydrogens (tertiary/aromatic N) is 1. The first-order valence-corrected chi connectivity index (χ1v) is 7.07. The van der Waals surface area contributed by atoms with Crippen molar-refractivity contribution in [1.29, 1.82) is 0 Å². The topological polar surface area (TPSA) is 68.5 Å². The third kappa shape index (κ3) is 2.00. The molecule has 1 heterocycles. The van der Waals surface area contributed by atoms with Gasteiger partial charge in [0.25, 0.3) is 0 Å². The van der Waals surface area contributed by atoms with Gasteiger partial charge in [-0.2, -0.15) is 0 Å². The van der Waals surface area contributed by atoms with Gasteiger partial charge in [0.05, 0.1) is 18.0 Å². The zero-order valence-corrected chi connectivity index (χ0v) is 12.0. The van der Waals surface area contributed by atoms with Crippen LogP contribution in [0.3, 0.4) is 0 Å². The molecule has 3 rings (SSSR count). The lowest BCUT2D eigenvalue weighted by atomic mass is 10.0. The van der Waals surface area contributed by atoms with Crippen molar-refractivity contribution in [3.63, 3.8) is 0 Å². The highest BCUT2D eigenvalue weighted by Gasteiger charge is 2.31. The fourth-order valence-electron chi connectivity index (χ4n) is 2.94. The summed E-state index contributed by atoms with van der Waals surface area (Å²) in [6, 6.07) is 5.46. The van der Waals surface area contributed by atoms with E-state index in [9.17, 15) is 14.7 Å². The van der Waals surface area contributed by atoms with Crippen LogP contribution in [0.5, 0.6) is 5.75 Å². The number of hydrogen-bond donors (Lipinski definition) is 1. The number of methoxy groups -OCH3 is 1. The maximum absolute atomic E-state index is 12.6. The van der Waals surface area contributed by atoms with E-state index in [4.69, 9.17) is 4.74 Å². The van der Waals surface area contributed by atoms with Crippen LogP contribution in [0.2, 0.25) is 0 Å². The average Bonchev–Trinajstić information content (AvgIpc) is 3.30. The molecule has 0 unspecified atom stereocenters. The normalized spacial score (nSPS) is 14.4. The lowest BCUT2D eigenvalue weighted by Crippen LogP contribution is -2.24. The first-order valence-electron chi connectivity index (χ1n) is 7.07. The molecule has 1 fully saturated rings. The van der Waals surface area contributed by atoms with Crippen LogP contribution in [-0.2, 0) is 6.42 Å². The Morgan fingerprint density at radius 1 is 1.43 bits per heavy atom. The van der Waals surface area contributed by atoms with E-state index < -0.39 is 11.4 Å². The van der Waals surface area contributed by atoms with Crippen molar-refractivity contribution in [2.24, 2.45) is 0 Å². The van der Waals surface area contributed by atoms with E-state index in [0.29, 0.717) is 28.8 Å². The Morgan fingerprint density at radius 2 is 2.14 bits per heavy atom. The Kier molecular flexibility index (Phi) is 3.20. The van der Waals surface area contributed by atoms with E-state index in [1.165, 1.54) is 0 Å². The van der Waals surface area contributed by atoms with Gasteiger partial charge >= 0.3 is 5.97 Å². The van der Waals surface area contributed by atoms with Gasteiger partial charge in [-0.3, -0.25) is 4.79 Å². The van der Waals surface area contributed by atoms with Crippen molar-refractivity contribution in [1.82, 2.24) is 4.57 Å². The summed E-state index contributed by atoms with van der Waals surface area (Å²) in [6.07, 6.45) is 2.51. The smallest absolute Gasteiger partial charge is 0.341 e. The molecule has 5 heteroatoms. The number of aromatic carboxylic acids is 1. The Morgan fingerprint density at radius 3 is 2.67 bits per heavy atom. The van der Waals surface area contributed by atoms with Crippen LogP contribution in [0.25, 0.3) is 10.9 Å². The number of benzene rings is 1. The maximum Gasteiger partial charge on any atom is 0.341 e. The molecule has 1 saturated carbocycles. The molecule has 1 aromatic carbocycles. The number of carboxylic acid groups (broad SMARTS) is 1. The van der Waals surface area contributed by atoms with Crippen molar-refractivity contribution in [2.45, 2.75) is 32.2 Å². The van der Waals surface area contributed by atoms with E-state index >= 15 is 0 Å². The van der Waals surface area contributed by atoms with Crippen molar-refractivity contribution in [3.8, 4) is 5.75 Å². The molecule has 1 N–H and O–H groups in total. The summed E-state index contributed by atoms with van der Waals surface area (Å²) in [6.45, 7) is 1.88. The number of hydrogen-bond acceptors (Lipinski definition) is 3. The molecule has 0 atom stereocenters. The molecule has 0 bridgehead atoms. The second kappa shape index (κ2) is 4.91. The summed E-state index contributed by atoms with van der Waals surface area (Å²) in [5.41, 5.74) is 0.775. The molecule has 0 aliphatic heterocycles. The number of para-hydroxylation sites is 1. The van der Waals surface area contributed by atoms with Gasteiger partial charge in [0.1, 0.15) is 11.3 Å². The predicted octanol–water partition coefficient (Wildman–Crippen LogP) is 2.61. The largest absolute Gasteiger partial charge is 0.495 e. The van der Waals surface area contributed by atoms with Gasteiger partial charge in [0.2, 0.25) is 5.43 Å². The molecule has 0 amide bonds. The van der Waals surface area contributed by atoms with Gasteiger partial charge in [-0.05, 0) is 31.4 Å². The quantitative estimate of drug-likeness (QED) is 0.938. The number of carboxylic acids is 1. The van der Waals surface area contributed by atoms with E-state index in [1.54, 1.807) is 25.3 Å². The molecule has 0 radical (unpaired) electrons. The third-order valence-corrected chi connectivity index (χ3v) is 3.97. The van der Waals surface area contributed by atoms with Crippen LogP contribution in [-0.4, -0.2) is 22.8 Å². The van der Waals surface area contributed by atoms with Crippen LogP contribution in [0, 0.1) is 0 Å². The van der Waals surface area contributed by atoms with Crippen LogP contribution >= 0.6 is 0 Å². The average molecular weight is 287 g/mol. The summed E-state index contributed by atoms with van der Waals surface area (Å²) >= 11 is 0. The molecule has 1 aliphatic carbocycles. The second-order valence-electron chi connectivity index (χ2n) is 5.27. The van der Waals surface area contributed by atoms with E-state index in [2.05, 4.69) is 0 Å². The van der Waals surface area contributed by atoms with Crippen molar-refractivity contribution in [3.05, 3.63) is 39.7 Å². The monoisotopic (exact) mass is 287 g/mol. The zero-order chi connectivity index (χ0) is 15.1. The number of fused-ring (bicyclic) bond motifs is 1. The molecular weight excluding hydrogens is 270 g/mol. The first kappa shape index (κ1) is 13.7. The second-order valence-corrected chi connectivity index (χ2v) is 5.27. The van der Waals surface area contributed by atoms with Crippen molar-refractivity contribution in [2.75, 3.05) is 7.11 Å². The molecule has 21 heavy (non-hydrogen) atoms. The van der Waals surface area contributed by atoms with Crippen molar-refractivity contribution >= 4 is 16.9 Å². The Bertz CT molecular complexity index is 787. The highest BCUT2D eigenvalue weighted by molar-refractivity contribution is 5.96. The number of rotatable bonds is 4. The van der Waals surface area contributed by atoms with E-state index in [-0.39, 0.29) is 11.6 Å². The SMILES string of the molecule is CCc1c(C(=O)O)c(=O)c2cccc(OC)c2n1C1CC1. The molecule has 110 valence electrons. The lowest BCUT2D eigenvalue weighted by molar-refractivity contribution is 0.0693. The fraction of sp³-hybridized carbons (Fsp3) is 0.375. The predicted molar refractivity (Wildman–Crippen MR) is 79.4 cm³/mol. The summed E-state index contributed by atoms with van der Waals surface area (Å²) in [5, 5.41) is 9.86. The highest BCUT2D eigenvalue weighted by atomic mass is 16.5. The van der Waals surface area contributed by atoms with Crippen LogP contribution in [0.4, 0.5) is 0 Å². The summed E-state index contributed by atoms with van der Waals surface area (Å²) in [4.78, 5) is 24.1. The van der Waals surface area contributed by atoms with Gasteiger partial charge in [0, 0.05) is 11.7 Å². The van der Waals surface area contributed by atoms with Crippen LogP contribution in [0.1, 0.15) is 41.9 Å². The molecular formula is C16H17NO4. The number of aromatic nitrogens is 1. The number of carbonyl (C=O) groups is 1. The number of ether oxygens (including phenoxy) is 1. The Labute approximate surface area is 121 Å². The van der Waals surface area contributed by atoms with Gasteiger partial charge in [0.15, 0.2) is 0 Å². The van der Waals surface area contributed by atoms with Crippen molar-refractivity contribution < 1.29 is 14.6 Å². The van der Waals surface area contributed by atoms with Gasteiger partial charge in [-0.15, -0.1) is 0 Å². The van der Waals surface area contributed by atoms with Gasteiger partial charge < -0.3 is 14.4 Å². The summed E-state index contributed by atoms with van der Waals surface area (Å²) < 4.78 is 7.39. The zero-order valence-electron chi connectivity index (χ0n) is 12.0.